The van der Waals surface area contributed by atoms with Crippen LogP contribution < -0.4 is 10.6 Å². The Morgan fingerprint density at radius 2 is 1.87 bits per heavy atom. The van der Waals surface area contributed by atoms with Crippen LogP contribution in [0.15, 0.2) is 24.5 Å². The molecule has 31 heavy (non-hydrogen) atoms. The molecule has 1 atom stereocenters. The van der Waals surface area contributed by atoms with Gasteiger partial charge in [-0.25, -0.2) is 9.78 Å². The number of hydrogen-bond donors (Lipinski definition) is 3. The van der Waals surface area contributed by atoms with Gasteiger partial charge in [-0.05, 0) is 56.2 Å². The summed E-state index contributed by atoms with van der Waals surface area (Å²) in [5.74, 6) is -2.36. The van der Waals surface area contributed by atoms with Gasteiger partial charge in [0.25, 0.3) is 0 Å². The van der Waals surface area contributed by atoms with Gasteiger partial charge in [0.1, 0.15) is 11.9 Å². The number of rotatable bonds is 5. The van der Waals surface area contributed by atoms with Gasteiger partial charge in [0.15, 0.2) is 0 Å². The first-order valence-electron chi connectivity index (χ1n) is 9.88. The number of carboxylic acid groups (broad SMARTS) is 1. The number of anilines is 1. The molecular formula is C20H24F3N5O3. The molecule has 0 aromatic carbocycles. The third-order valence-electron chi connectivity index (χ3n) is 5.68. The van der Waals surface area contributed by atoms with Crippen molar-refractivity contribution in [1.29, 1.82) is 0 Å². The summed E-state index contributed by atoms with van der Waals surface area (Å²) >= 11 is 0. The van der Waals surface area contributed by atoms with E-state index in [1.54, 1.807) is 36.3 Å². The van der Waals surface area contributed by atoms with E-state index in [4.69, 9.17) is 5.11 Å². The number of hydrogen-bond acceptors (Lipinski definition) is 4. The maximum absolute atomic E-state index is 12.9. The number of nitrogens with zero attached hydrogens (tertiary/aromatic N) is 3. The zero-order valence-electron chi connectivity index (χ0n) is 17.1. The lowest BCUT2D eigenvalue weighted by Gasteiger charge is -2.33. The number of carbonyl (C=O) groups excluding carboxylic acids is 1. The van der Waals surface area contributed by atoms with Crippen LogP contribution in [0.5, 0.6) is 0 Å². The Hall–Kier alpha value is -3.11. The van der Waals surface area contributed by atoms with E-state index in [2.05, 4.69) is 20.7 Å². The molecule has 0 bridgehead atoms. The zero-order chi connectivity index (χ0) is 22.8. The van der Waals surface area contributed by atoms with E-state index < -0.39 is 36.1 Å². The quantitative estimate of drug-likeness (QED) is 0.658. The lowest BCUT2D eigenvalue weighted by molar-refractivity contribution is -0.184. The Bertz CT molecular complexity index is 915. The number of carbonyl (C=O) groups is 2. The Morgan fingerprint density at radius 3 is 2.35 bits per heavy atom. The molecule has 2 aromatic heterocycles. The van der Waals surface area contributed by atoms with E-state index >= 15 is 0 Å². The fourth-order valence-corrected chi connectivity index (χ4v) is 4.08. The molecular weight excluding hydrogens is 415 g/mol. The van der Waals surface area contributed by atoms with E-state index in [0.29, 0.717) is 0 Å². The largest absolute Gasteiger partial charge is 0.465 e. The van der Waals surface area contributed by atoms with E-state index in [0.717, 1.165) is 16.8 Å². The van der Waals surface area contributed by atoms with Gasteiger partial charge in [0.05, 0.1) is 17.8 Å². The van der Waals surface area contributed by atoms with Crippen LogP contribution in [0.25, 0.3) is 11.3 Å². The summed E-state index contributed by atoms with van der Waals surface area (Å²) in [5.41, 5.74) is 2.62. The lowest BCUT2D eigenvalue weighted by Crippen LogP contribution is -2.49. The molecule has 11 heteroatoms. The highest BCUT2D eigenvalue weighted by atomic mass is 19.4. The van der Waals surface area contributed by atoms with Gasteiger partial charge in [0.2, 0.25) is 5.91 Å². The molecule has 2 heterocycles. The average Bonchev–Trinajstić information content (AvgIpc) is 3.04. The predicted molar refractivity (Wildman–Crippen MR) is 106 cm³/mol. The molecule has 2 aromatic rings. The molecule has 1 saturated carbocycles. The third-order valence-corrected chi connectivity index (χ3v) is 5.68. The summed E-state index contributed by atoms with van der Waals surface area (Å²) in [6.07, 6.45) is -2.45. The molecule has 0 aliphatic heterocycles. The van der Waals surface area contributed by atoms with E-state index in [1.807, 2.05) is 6.92 Å². The van der Waals surface area contributed by atoms with Crippen LogP contribution >= 0.6 is 0 Å². The Labute approximate surface area is 176 Å². The molecule has 0 saturated heterocycles. The summed E-state index contributed by atoms with van der Waals surface area (Å²) < 4.78 is 40.4. The van der Waals surface area contributed by atoms with Crippen molar-refractivity contribution < 1.29 is 27.9 Å². The minimum absolute atomic E-state index is 0.106. The molecule has 1 aliphatic rings. The van der Waals surface area contributed by atoms with E-state index in [-0.39, 0.29) is 31.5 Å². The molecule has 3 rings (SSSR count). The first-order chi connectivity index (χ1) is 14.6. The van der Waals surface area contributed by atoms with Crippen LogP contribution in [0, 0.1) is 18.8 Å². The van der Waals surface area contributed by atoms with Gasteiger partial charge in [0, 0.05) is 18.8 Å². The van der Waals surface area contributed by atoms with Crippen molar-refractivity contribution in [2.75, 3.05) is 5.32 Å². The van der Waals surface area contributed by atoms with Gasteiger partial charge in [-0.3, -0.25) is 9.48 Å². The van der Waals surface area contributed by atoms with Crippen LogP contribution in [0.2, 0.25) is 0 Å². The molecule has 8 nitrogen and oxygen atoms in total. The van der Waals surface area contributed by atoms with Gasteiger partial charge in [-0.15, -0.1) is 0 Å². The first-order valence-corrected chi connectivity index (χ1v) is 9.88. The molecule has 0 spiro atoms. The third kappa shape index (κ3) is 5.33. The van der Waals surface area contributed by atoms with Crippen molar-refractivity contribution >= 4 is 17.8 Å². The highest BCUT2D eigenvalue weighted by Crippen LogP contribution is 2.40. The second-order valence-corrected chi connectivity index (χ2v) is 7.80. The lowest BCUT2D eigenvalue weighted by atomic mass is 9.78. The number of alkyl halides is 3. The highest BCUT2D eigenvalue weighted by Gasteiger charge is 2.43. The Balaban J connectivity index is 1.69. The average molecular weight is 439 g/mol. The molecule has 0 radical (unpaired) electrons. The normalized spacial score (nSPS) is 20.2. The molecule has 1 unspecified atom stereocenters. The number of nitrogens with one attached hydrogen (secondary N) is 2. The zero-order valence-corrected chi connectivity index (χ0v) is 17.1. The minimum Gasteiger partial charge on any atom is -0.465 e. The fraction of sp³-hybridized carbons (Fsp3) is 0.500. The van der Waals surface area contributed by atoms with Crippen LogP contribution in [0.4, 0.5) is 23.8 Å². The van der Waals surface area contributed by atoms with Gasteiger partial charge < -0.3 is 15.7 Å². The minimum atomic E-state index is -4.28. The maximum Gasteiger partial charge on any atom is 0.405 e. The predicted octanol–water partition coefficient (Wildman–Crippen LogP) is 3.73. The monoisotopic (exact) mass is 439 g/mol. The standard InChI is InChI=1S/C20H24F3N5O3/c1-11-9-25-28(2)17(11)13-5-8-15(24-10-13)26-18(29)16(27-19(30)31)12-3-6-14(7-4-12)20(21,22)23/h5,8-10,12,14,16,27H,3-4,6-7H2,1-2H3,(H,30,31)(H,24,26,29). The summed E-state index contributed by atoms with van der Waals surface area (Å²) in [7, 11) is 1.80. The first kappa shape index (κ1) is 22.6. The van der Waals surface area contributed by atoms with Crippen molar-refractivity contribution in [3.63, 3.8) is 0 Å². The van der Waals surface area contributed by atoms with Crippen LogP contribution in [0.3, 0.4) is 0 Å². The fourth-order valence-electron chi connectivity index (χ4n) is 4.08. The molecule has 1 aliphatic carbocycles. The van der Waals surface area contributed by atoms with E-state index in [9.17, 15) is 22.8 Å². The van der Waals surface area contributed by atoms with Gasteiger partial charge in [-0.1, -0.05) is 0 Å². The van der Waals surface area contributed by atoms with E-state index in [1.165, 1.54) is 0 Å². The number of pyridine rings is 1. The second-order valence-electron chi connectivity index (χ2n) is 7.80. The van der Waals surface area contributed by atoms with Crippen molar-refractivity contribution in [3.05, 3.63) is 30.1 Å². The maximum atomic E-state index is 12.9. The number of halogens is 3. The summed E-state index contributed by atoms with van der Waals surface area (Å²) in [5, 5.41) is 18.0. The number of aryl methyl sites for hydroxylation is 2. The topological polar surface area (TPSA) is 109 Å². The van der Waals surface area contributed by atoms with Gasteiger partial charge >= 0.3 is 12.3 Å². The van der Waals surface area contributed by atoms with Gasteiger partial charge in [-0.2, -0.15) is 18.3 Å². The van der Waals surface area contributed by atoms with Crippen LogP contribution in [0.1, 0.15) is 31.2 Å². The van der Waals surface area contributed by atoms with Crippen molar-refractivity contribution in [1.82, 2.24) is 20.1 Å². The van der Waals surface area contributed by atoms with Crippen LogP contribution in [-0.4, -0.2) is 44.1 Å². The van der Waals surface area contributed by atoms with Crippen molar-refractivity contribution in [2.24, 2.45) is 18.9 Å². The molecule has 1 fully saturated rings. The molecule has 168 valence electrons. The molecule has 2 amide bonds. The Morgan fingerprint density at radius 1 is 1.19 bits per heavy atom. The van der Waals surface area contributed by atoms with Crippen molar-refractivity contribution in [2.45, 2.75) is 44.8 Å². The summed E-state index contributed by atoms with van der Waals surface area (Å²) in [4.78, 5) is 28.1. The number of amides is 2. The second kappa shape index (κ2) is 8.94. The smallest absolute Gasteiger partial charge is 0.405 e. The van der Waals surface area contributed by atoms with Crippen LogP contribution in [-0.2, 0) is 11.8 Å². The molecule has 3 N–H and O–H groups in total. The van der Waals surface area contributed by atoms with Crippen molar-refractivity contribution in [3.8, 4) is 11.3 Å². The SMILES string of the molecule is Cc1cnn(C)c1-c1ccc(NC(=O)C(NC(=O)O)C2CCC(C(F)(F)F)CC2)nc1. The number of aromatic nitrogens is 3. The summed E-state index contributed by atoms with van der Waals surface area (Å²) in [6, 6.07) is 2.17. The Kier molecular flexibility index (Phi) is 6.51. The summed E-state index contributed by atoms with van der Waals surface area (Å²) in [6.45, 7) is 1.91. The highest BCUT2D eigenvalue weighted by molar-refractivity contribution is 5.96.